The van der Waals surface area contributed by atoms with E-state index in [2.05, 4.69) is 0 Å². The van der Waals surface area contributed by atoms with Crippen LogP contribution >= 0.6 is 22.7 Å². The van der Waals surface area contributed by atoms with Gasteiger partial charge in [-0.05, 0) is 0 Å². The lowest BCUT2D eigenvalue weighted by atomic mass is 10.3. The fraction of sp³-hybridized carbons (Fsp3) is 0.556. The molecule has 148 valence electrons. The van der Waals surface area contributed by atoms with E-state index in [1.165, 1.54) is 0 Å². The summed E-state index contributed by atoms with van der Waals surface area (Å²) >= 11 is 3.17. The van der Waals surface area contributed by atoms with Crippen molar-refractivity contribution < 1.29 is 28.4 Å². The van der Waals surface area contributed by atoms with E-state index in [1.54, 1.807) is 36.9 Å². The summed E-state index contributed by atoms with van der Waals surface area (Å²) in [6.07, 6.45) is 0.0829. The minimum Gasteiger partial charge on any atom is -0.486 e. The summed E-state index contributed by atoms with van der Waals surface area (Å²) in [5, 5.41) is 7.76. The van der Waals surface area contributed by atoms with E-state index < -0.39 is 0 Å². The Morgan fingerprint density at radius 3 is 1.88 bits per heavy atom. The molecular formula is C18H28O6S2. The first-order chi connectivity index (χ1) is 11.8. The van der Waals surface area contributed by atoms with Crippen LogP contribution in [0.15, 0.2) is 21.5 Å². The molecular weight excluding hydrogens is 376 g/mol. The van der Waals surface area contributed by atoms with Gasteiger partial charge in [-0.1, -0.05) is 14.9 Å². The first kappa shape index (κ1) is 22.6. The summed E-state index contributed by atoms with van der Waals surface area (Å²) in [5.74, 6) is 3.36. The Balaban J connectivity index is 0.000000241. The van der Waals surface area contributed by atoms with E-state index >= 15 is 0 Å². The second kappa shape index (κ2) is 11.3. The fourth-order valence-corrected chi connectivity index (χ4v) is 3.52. The highest BCUT2D eigenvalue weighted by Gasteiger charge is 2.21. The third kappa shape index (κ3) is 5.77. The minimum absolute atomic E-state index is 0. The Hall–Kier alpha value is -1.48. The molecule has 1 unspecified atom stereocenters. The van der Waals surface area contributed by atoms with Crippen molar-refractivity contribution in [2.75, 3.05) is 40.6 Å². The Labute approximate surface area is 163 Å². The van der Waals surface area contributed by atoms with E-state index in [9.17, 15) is 0 Å². The van der Waals surface area contributed by atoms with Crippen LogP contribution in [0, 0.1) is 0 Å². The Morgan fingerprint density at radius 2 is 1.35 bits per heavy atom. The van der Waals surface area contributed by atoms with Crippen LogP contribution in [-0.2, 0) is 9.47 Å². The fourth-order valence-electron chi connectivity index (χ4n) is 2.16. The van der Waals surface area contributed by atoms with Crippen LogP contribution in [0.25, 0.3) is 0 Å². The molecule has 2 aliphatic heterocycles. The molecule has 6 nitrogen and oxygen atoms in total. The van der Waals surface area contributed by atoms with Gasteiger partial charge in [0, 0.05) is 35.7 Å². The van der Waals surface area contributed by atoms with Gasteiger partial charge in [0.1, 0.15) is 25.9 Å². The molecule has 1 atom stereocenters. The molecule has 0 saturated carbocycles. The van der Waals surface area contributed by atoms with E-state index in [1.807, 2.05) is 21.5 Å². The Bertz CT molecular complexity index is 596. The van der Waals surface area contributed by atoms with Gasteiger partial charge < -0.3 is 28.4 Å². The maximum Gasteiger partial charge on any atom is 0.172 e. The molecule has 0 aliphatic carbocycles. The summed E-state index contributed by atoms with van der Waals surface area (Å²) in [7, 11) is 3.32. The number of ether oxygens (including phenoxy) is 6. The summed E-state index contributed by atoms with van der Waals surface area (Å²) in [6.45, 7) is 2.30. The highest BCUT2D eigenvalue weighted by Crippen LogP contribution is 2.35. The van der Waals surface area contributed by atoms with Crippen molar-refractivity contribution in [1.82, 2.24) is 0 Å². The van der Waals surface area contributed by atoms with Gasteiger partial charge in [-0.3, -0.25) is 0 Å². The molecule has 0 fully saturated rings. The van der Waals surface area contributed by atoms with Gasteiger partial charge in [0.15, 0.2) is 29.1 Å². The number of hydrogen-bond donors (Lipinski definition) is 0. The van der Waals surface area contributed by atoms with E-state index in [0.717, 1.165) is 23.0 Å². The molecule has 2 aromatic rings. The molecule has 4 rings (SSSR count). The maximum absolute atomic E-state index is 5.57. The molecule has 0 saturated heterocycles. The van der Waals surface area contributed by atoms with Crippen molar-refractivity contribution in [2.24, 2.45) is 0 Å². The lowest BCUT2D eigenvalue weighted by Gasteiger charge is -2.23. The molecule has 0 bridgehead atoms. The summed E-state index contributed by atoms with van der Waals surface area (Å²) in [5.41, 5.74) is 0. The van der Waals surface area contributed by atoms with Crippen LogP contribution in [0.3, 0.4) is 0 Å². The molecule has 0 amide bonds. The molecule has 2 aromatic heterocycles. The average Bonchev–Trinajstić information content (AvgIpc) is 3.21. The van der Waals surface area contributed by atoms with Gasteiger partial charge in [0.05, 0.1) is 6.61 Å². The minimum atomic E-state index is 0. The van der Waals surface area contributed by atoms with Gasteiger partial charge in [0.2, 0.25) is 0 Å². The third-order valence-corrected chi connectivity index (χ3v) is 4.84. The first-order valence-corrected chi connectivity index (χ1v) is 9.38. The lowest BCUT2D eigenvalue weighted by molar-refractivity contribution is 0.0280. The van der Waals surface area contributed by atoms with Gasteiger partial charge in [0.25, 0.3) is 0 Å². The smallest absolute Gasteiger partial charge is 0.172 e. The quantitative estimate of drug-likeness (QED) is 0.758. The monoisotopic (exact) mass is 404 g/mol. The van der Waals surface area contributed by atoms with Crippen molar-refractivity contribution in [3.05, 3.63) is 21.5 Å². The van der Waals surface area contributed by atoms with E-state index in [-0.39, 0.29) is 27.1 Å². The molecule has 26 heavy (non-hydrogen) atoms. The topological polar surface area (TPSA) is 55.4 Å². The van der Waals surface area contributed by atoms with Crippen molar-refractivity contribution >= 4 is 22.7 Å². The third-order valence-electron chi connectivity index (χ3n) is 3.44. The van der Waals surface area contributed by atoms with Gasteiger partial charge in [-0.15, -0.1) is 22.7 Å². The maximum atomic E-state index is 5.57. The zero-order valence-corrected chi connectivity index (χ0v) is 15.2. The van der Waals surface area contributed by atoms with Crippen LogP contribution in [0.5, 0.6) is 23.0 Å². The van der Waals surface area contributed by atoms with E-state index in [0.29, 0.717) is 26.4 Å². The van der Waals surface area contributed by atoms with Crippen LogP contribution in [0.1, 0.15) is 14.9 Å². The summed E-state index contributed by atoms with van der Waals surface area (Å²) in [6, 6.07) is 0. The van der Waals surface area contributed by atoms with Gasteiger partial charge in [-0.2, -0.15) is 0 Å². The second-order valence-corrected chi connectivity index (χ2v) is 6.67. The second-order valence-electron chi connectivity index (χ2n) is 5.19. The lowest BCUT2D eigenvalue weighted by Crippen LogP contribution is -2.32. The summed E-state index contributed by atoms with van der Waals surface area (Å²) < 4.78 is 32.0. The zero-order chi connectivity index (χ0) is 16.8. The molecule has 0 aromatic carbocycles. The van der Waals surface area contributed by atoms with Crippen molar-refractivity contribution in [2.45, 2.75) is 27.1 Å². The van der Waals surface area contributed by atoms with Gasteiger partial charge in [-0.25, -0.2) is 0 Å². The molecule has 0 radical (unpaired) electrons. The number of thiophene rings is 2. The van der Waals surface area contributed by atoms with Crippen LogP contribution in [0.4, 0.5) is 0 Å². The normalized spacial score (nSPS) is 17.7. The SMILES string of the molecule is C.C.COC1COc2cscc2OC1.COCC1COc2cscc2O1. The Morgan fingerprint density at radius 1 is 0.846 bits per heavy atom. The first-order valence-electron chi connectivity index (χ1n) is 7.49. The average molecular weight is 405 g/mol. The molecule has 0 spiro atoms. The summed E-state index contributed by atoms with van der Waals surface area (Å²) in [4.78, 5) is 0. The number of methoxy groups -OCH3 is 2. The largest absolute Gasteiger partial charge is 0.486 e. The number of fused-ring (bicyclic) bond motifs is 2. The highest BCUT2D eigenvalue weighted by atomic mass is 32.1. The van der Waals surface area contributed by atoms with Crippen molar-refractivity contribution in [3.8, 4) is 23.0 Å². The standard InChI is InChI=1S/2C8H10O3S.2CH4/c1-9-6-2-10-7-4-12-5-8(7)11-3-6;1-9-2-6-3-10-7-4-12-5-8(7)11-6;;/h2*4-6H,2-3H2,1H3;2*1H4. The number of rotatable bonds is 3. The highest BCUT2D eigenvalue weighted by molar-refractivity contribution is 7.08. The predicted octanol–water partition coefficient (Wildman–Crippen LogP) is 4.34. The molecule has 4 heterocycles. The Kier molecular flexibility index (Phi) is 9.79. The molecule has 8 heteroatoms. The van der Waals surface area contributed by atoms with Gasteiger partial charge >= 0.3 is 0 Å². The molecule has 2 aliphatic rings. The van der Waals surface area contributed by atoms with Crippen molar-refractivity contribution in [3.63, 3.8) is 0 Å². The number of hydrogen-bond acceptors (Lipinski definition) is 8. The predicted molar refractivity (Wildman–Crippen MR) is 106 cm³/mol. The van der Waals surface area contributed by atoms with E-state index in [4.69, 9.17) is 28.4 Å². The molecule has 0 N–H and O–H groups in total. The van der Waals surface area contributed by atoms with Crippen LogP contribution in [-0.4, -0.2) is 52.9 Å². The van der Waals surface area contributed by atoms with Crippen LogP contribution in [0.2, 0.25) is 0 Å². The zero-order valence-electron chi connectivity index (χ0n) is 13.6. The van der Waals surface area contributed by atoms with Crippen LogP contribution < -0.4 is 18.9 Å². The van der Waals surface area contributed by atoms with Crippen molar-refractivity contribution in [1.29, 1.82) is 0 Å².